The molecule has 0 spiro atoms. The van der Waals surface area contributed by atoms with E-state index in [0.29, 0.717) is 11.4 Å². The molecular weight excluding hydrogens is 192 g/mol. The Morgan fingerprint density at radius 2 is 2.13 bits per heavy atom. The van der Waals surface area contributed by atoms with Crippen LogP contribution in [0.5, 0.6) is 5.75 Å². The summed E-state index contributed by atoms with van der Waals surface area (Å²) in [6, 6.07) is 9.06. The standard InChI is InChI=1S/C11H10N2O2/c1-15-11-5-3-2-4-10(11)13-9(8-14)6-7-12-13/h2-8H,1H3. The Balaban J connectivity index is 2.58. The molecule has 4 heteroatoms. The van der Waals surface area contributed by atoms with Crippen LogP contribution in [0.2, 0.25) is 0 Å². The molecule has 0 aliphatic carbocycles. The van der Waals surface area contributed by atoms with Crippen LogP contribution in [-0.2, 0) is 0 Å². The van der Waals surface area contributed by atoms with Gasteiger partial charge >= 0.3 is 0 Å². The zero-order valence-corrected chi connectivity index (χ0v) is 8.25. The fourth-order valence-corrected chi connectivity index (χ4v) is 1.41. The molecule has 4 nitrogen and oxygen atoms in total. The molecule has 0 amide bonds. The van der Waals surface area contributed by atoms with E-state index in [0.717, 1.165) is 12.0 Å². The first-order valence-corrected chi connectivity index (χ1v) is 4.49. The molecule has 0 atom stereocenters. The zero-order valence-electron chi connectivity index (χ0n) is 8.25. The van der Waals surface area contributed by atoms with Crippen molar-refractivity contribution in [2.24, 2.45) is 0 Å². The molecule has 2 aromatic rings. The van der Waals surface area contributed by atoms with E-state index < -0.39 is 0 Å². The van der Waals surface area contributed by atoms with E-state index in [-0.39, 0.29) is 0 Å². The van der Waals surface area contributed by atoms with Crippen molar-refractivity contribution < 1.29 is 9.53 Å². The highest BCUT2D eigenvalue weighted by atomic mass is 16.5. The molecule has 0 saturated heterocycles. The fraction of sp³-hybridized carbons (Fsp3) is 0.0909. The number of hydrogen-bond acceptors (Lipinski definition) is 3. The number of para-hydroxylation sites is 2. The molecule has 2 rings (SSSR count). The lowest BCUT2D eigenvalue weighted by Gasteiger charge is -2.08. The maximum atomic E-state index is 10.8. The summed E-state index contributed by atoms with van der Waals surface area (Å²) in [6.07, 6.45) is 2.34. The Bertz CT molecular complexity index is 477. The zero-order chi connectivity index (χ0) is 10.7. The molecule has 15 heavy (non-hydrogen) atoms. The maximum absolute atomic E-state index is 10.8. The lowest BCUT2D eigenvalue weighted by atomic mass is 10.3. The second-order valence-corrected chi connectivity index (χ2v) is 2.96. The van der Waals surface area contributed by atoms with Crippen LogP contribution in [0.4, 0.5) is 0 Å². The van der Waals surface area contributed by atoms with Gasteiger partial charge in [0.05, 0.1) is 13.3 Å². The third-order valence-corrected chi connectivity index (χ3v) is 2.11. The number of methoxy groups -OCH3 is 1. The van der Waals surface area contributed by atoms with Gasteiger partial charge < -0.3 is 4.74 Å². The second kappa shape index (κ2) is 3.96. The van der Waals surface area contributed by atoms with Crippen molar-refractivity contribution in [3.8, 4) is 11.4 Å². The Morgan fingerprint density at radius 3 is 2.87 bits per heavy atom. The van der Waals surface area contributed by atoms with Crippen molar-refractivity contribution in [1.29, 1.82) is 0 Å². The lowest BCUT2D eigenvalue weighted by molar-refractivity contribution is 0.111. The molecule has 76 valence electrons. The number of carbonyl (C=O) groups excluding carboxylic acids is 1. The normalized spacial score (nSPS) is 9.93. The van der Waals surface area contributed by atoms with Crippen molar-refractivity contribution in [3.05, 3.63) is 42.2 Å². The minimum atomic E-state index is 0.500. The van der Waals surface area contributed by atoms with Crippen LogP contribution in [-0.4, -0.2) is 23.2 Å². The van der Waals surface area contributed by atoms with E-state index in [1.54, 1.807) is 24.1 Å². The van der Waals surface area contributed by atoms with Crippen molar-refractivity contribution in [3.63, 3.8) is 0 Å². The second-order valence-electron chi connectivity index (χ2n) is 2.96. The third kappa shape index (κ3) is 1.61. The number of aromatic nitrogens is 2. The Morgan fingerprint density at radius 1 is 1.33 bits per heavy atom. The van der Waals surface area contributed by atoms with Gasteiger partial charge in [-0.1, -0.05) is 12.1 Å². The highest BCUT2D eigenvalue weighted by Crippen LogP contribution is 2.21. The summed E-state index contributed by atoms with van der Waals surface area (Å²) in [6.45, 7) is 0. The number of carbonyl (C=O) groups is 1. The predicted molar refractivity (Wildman–Crippen MR) is 55.5 cm³/mol. The monoisotopic (exact) mass is 202 g/mol. The van der Waals surface area contributed by atoms with Gasteiger partial charge in [-0.05, 0) is 18.2 Å². The van der Waals surface area contributed by atoms with Crippen molar-refractivity contribution in [2.45, 2.75) is 0 Å². The predicted octanol–water partition coefficient (Wildman–Crippen LogP) is 1.69. The molecule has 0 saturated carbocycles. The Labute approximate surface area is 87.1 Å². The van der Waals surface area contributed by atoms with E-state index in [2.05, 4.69) is 5.10 Å². The van der Waals surface area contributed by atoms with Gasteiger partial charge in [-0.15, -0.1) is 0 Å². The first-order chi connectivity index (χ1) is 7.36. The van der Waals surface area contributed by atoms with Gasteiger partial charge in [0, 0.05) is 0 Å². The summed E-state index contributed by atoms with van der Waals surface area (Å²) >= 11 is 0. The first kappa shape index (κ1) is 9.45. The molecule has 0 aliphatic rings. The summed E-state index contributed by atoms with van der Waals surface area (Å²) in [7, 11) is 1.59. The molecule has 0 bridgehead atoms. The van der Waals surface area contributed by atoms with E-state index in [4.69, 9.17) is 4.74 Å². The van der Waals surface area contributed by atoms with Crippen molar-refractivity contribution in [1.82, 2.24) is 9.78 Å². The maximum Gasteiger partial charge on any atom is 0.168 e. The topological polar surface area (TPSA) is 44.1 Å². The first-order valence-electron chi connectivity index (χ1n) is 4.49. The summed E-state index contributed by atoms with van der Waals surface area (Å²) in [4.78, 5) is 10.8. The number of nitrogens with zero attached hydrogens (tertiary/aromatic N) is 2. The molecule has 0 N–H and O–H groups in total. The summed E-state index contributed by atoms with van der Waals surface area (Å²) in [5, 5.41) is 4.07. The van der Waals surface area contributed by atoms with Gasteiger partial charge in [-0.25, -0.2) is 4.68 Å². The van der Waals surface area contributed by atoms with Crippen LogP contribution in [0.1, 0.15) is 10.5 Å². The van der Waals surface area contributed by atoms with Crippen molar-refractivity contribution >= 4 is 6.29 Å². The molecule has 0 fully saturated rings. The van der Waals surface area contributed by atoms with Gasteiger partial charge in [0.15, 0.2) is 6.29 Å². The molecular formula is C11H10N2O2. The molecule has 1 heterocycles. The van der Waals surface area contributed by atoms with Crippen LogP contribution < -0.4 is 4.74 Å². The van der Waals surface area contributed by atoms with E-state index in [1.807, 2.05) is 24.3 Å². The average molecular weight is 202 g/mol. The molecule has 0 radical (unpaired) electrons. The van der Waals surface area contributed by atoms with Crippen molar-refractivity contribution in [2.75, 3.05) is 7.11 Å². The smallest absolute Gasteiger partial charge is 0.168 e. The minimum Gasteiger partial charge on any atom is -0.494 e. The van der Waals surface area contributed by atoms with Gasteiger partial charge in [-0.2, -0.15) is 5.10 Å². The van der Waals surface area contributed by atoms with Gasteiger partial charge in [-0.3, -0.25) is 4.79 Å². The van der Waals surface area contributed by atoms with Gasteiger partial charge in [0.2, 0.25) is 0 Å². The summed E-state index contributed by atoms with van der Waals surface area (Å²) in [5.74, 6) is 0.685. The molecule has 1 aromatic heterocycles. The Kier molecular flexibility index (Phi) is 2.49. The van der Waals surface area contributed by atoms with Crippen LogP contribution in [0.25, 0.3) is 5.69 Å². The Hall–Kier alpha value is -2.10. The molecule has 0 unspecified atom stereocenters. The largest absolute Gasteiger partial charge is 0.494 e. The third-order valence-electron chi connectivity index (χ3n) is 2.11. The van der Waals surface area contributed by atoms with Crippen LogP contribution >= 0.6 is 0 Å². The van der Waals surface area contributed by atoms with E-state index in [1.165, 1.54) is 0 Å². The van der Waals surface area contributed by atoms with Crippen LogP contribution in [0.3, 0.4) is 0 Å². The van der Waals surface area contributed by atoms with Crippen LogP contribution in [0, 0.1) is 0 Å². The number of ether oxygens (including phenoxy) is 1. The number of hydrogen-bond donors (Lipinski definition) is 0. The minimum absolute atomic E-state index is 0.500. The highest BCUT2D eigenvalue weighted by Gasteiger charge is 2.08. The highest BCUT2D eigenvalue weighted by molar-refractivity contribution is 5.73. The fourth-order valence-electron chi connectivity index (χ4n) is 1.41. The average Bonchev–Trinajstić information content (AvgIpc) is 2.76. The summed E-state index contributed by atoms with van der Waals surface area (Å²) in [5.41, 5.74) is 1.26. The van der Waals surface area contributed by atoms with Gasteiger partial charge in [0.25, 0.3) is 0 Å². The quantitative estimate of drug-likeness (QED) is 0.711. The summed E-state index contributed by atoms with van der Waals surface area (Å²) < 4.78 is 6.74. The molecule has 1 aromatic carbocycles. The van der Waals surface area contributed by atoms with Gasteiger partial charge in [0.1, 0.15) is 17.1 Å². The number of benzene rings is 1. The SMILES string of the molecule is COc1ccccc1-n1nccc1C=O. The molecule has 0 aliphatic heterocycles. The number of rotatable bonds is 3. The van der Waals surface area contributed by atoms with Crippen LogP contribution in [0.15, 0.2) is 36.5 Å². The van der Waals surface area contributed by atoms with E-state index in [9.17, 15) is 4.79 Å². The number of aldehydes is 1. The lowest BCUT2D eigenvalue weighted by Crippen LogP contribution is -2.03. The van der Waals surface area contributed by atoms with E-state index >= 15 is 0 Å².